The van der Waals surface area contributed by atoms with Gasteiger partial charge < -0.3 is 15.7 Å². The van der Waals surface area contributed by atoms with E-state index < -0.39 is 22.3 Å². The van der Waals surface area contributed by atoms with Crippen LogP contribution in [0.1, 0.15) is 39.2 Å². The number of ketones is 1. The molecule has 2 heterocycles. The van der Waals surface area contributed by atoms with Gasteiger partial charge in [0.1, 0.15) is 12.1 Å². The third-order valence-electron chi connectivity index (χ3n) is 5.78. The standard InChI is InChI=1S/C23H27N5O5S2/c24-35(31,32)33-12-17-7-18(8-20(17)29)28-23-19(11-26-14-27-23)22(30)21-6-16(13-34-21)10-25-9-15-4-2-1-3-5-15/h1-6,11,13-14,17-18,20,25,29H,7-10,12H2,(H2,24,31,32)(H,26,27,28)/t17?,18-,20+/m1/s1. The number of anilines is 1. The number of hydrogen-bond acceptors (Lipinski definition) is 10. The molecular formula is C23H27N5O5S2. The fraction of sp³-hybridized carbons (Fsp3) is 0.348. The number of aliphatic hydroxyl groups is 1. The van der Waals surface area contributed by atoms with Crippen LogP contribution in [0, 0.1) is 5.92 Å². The molecule has 35 heavy (non-hydrogen) atoms. The summed E-state index contributed by atoms with van der Waals surface area (Å²) in [6.07, 6.45) is 2.84. The monoisotopic (exact) mass is 517 g/mol. The van der Waals surface area contributed by atoms with Crippen molar-refractivity contribution in [2.24, 2.45) is 11.1 Å². The Labute approximate surface area is 207 Å². The molecule has 10 nitrogen and oxygen atoms in total. The van der Waals surface area contributed by atoms with E-state index in [0.717, 1.165) is 12.1 Å². The van der Waals surface area contributed by atoms with Gasteiger partial charge >= 0.3 is 10.3 Å². The Morgan fingerprint density at radius 1 is 1.20 bits per heavy atom. The van der Waals surface area contributed by atoms with Crippen molar-refractivity contribution < 1.29 is 22.5 Å². The maximum Gasteiger partial charge on any atom is 0.333 e. The van der Waals surface area contributed by atoms with E-state index in [1.807, 2.05) is 29.6 Å². The van der Waals surface area contributed by atoms with E-state index in [0.29, 0.717) is 35.6 Å². The number of rotatable bonds is 11. The van der Waals surface area contributed by atoms with E-state index in [-0.39, 0.29) is 18.4 Å². The number of nitrogens with two attached hydrogens (primary N) is 1. The number of nitrogens with zero attached hydrogens (tertiary/aromatic N) is 2. The molecule has 0 radical (unpaired) electrons. The summed E-state index contributed by atoms with van der Waals surface area (Å²) in [6, 6.07) is 11.7. The number of aromatic nitrogens is 2. The Bertz CT molecular complexity index is 1250. The van der Waals surface area contributed by atoms with Crippen LogP contribution in [0.2, 0.25) is 0 Å². The molecule has 1 aromatic carbocycles. The van der Waals surface area contributed by atoms with Gasteiger partial charge in [0.25, 0.3) is 0 Å². The maximum absolute atomic E-state index is 13.2. The minimum Gasteiger partial charge on any atom is -0.393 e. The first kappa shape index (κ1) is 25.4. The summed E-state index contributed by atoms with van der Waals surface area (Å²) in [5.74, 6) is -0.234. The summed E-state index contributed by atoms with van der Waals surface area (Å²) in [7, 11) is -4.08. The van der Waals surface area contributed by atoms with Crippen molar-refractivity contribution in [2.75, 3.05) is 11.9 Å². The van der Waals surface area contributed by atoms with Crippen molar-refractivity contribution in [2.45, 2.75) is 38.1 Å². The highest BCUT2D eigenvalue weighted by atomic mass is 32.2. The minimum atomic E-state index is -4.08. The molecule has 3 atom stereocenters. The van der Waals surface area contributed by atoms with Crippen molar-refractivity contribution in [3.63, 3.8) is 0 Å². The first-order chi connectivity index (χ1) is 16.8. The second-order valence-corrected chi connectivity index (χ2v) is 10.6. The molecule has 5 N–H and O–H groups in total. The van der Waals surface area contributed by atoms with Gasteiger partial charge in [0.15, 0.2) is 0 Å². The summed E-state index contributed by atoms with van der Waals surface area (Å²) in [4.78, 5) is 22.0. The first-order valence-electron chi connectivity index (χ1n) is 11.1. The van der Waals surface area contributed by atoms with E-state index in [4.69, 9.17) is 5.14 Å². The van der Waals surface area contributed by atoms with Gasteiger partial charge in [-0.2, -0.15) is 8.42 Å². The molecule has 0 saturated heterocycles. The Kier molecular flexibility index (Phi) is 8.21. The highest BCUT2D eigenvalue weighted by Crippen LogP contribution is 2.30. The summed E-state index contributed by atoms with van der Waals surface area (Å²) >= 11 is 1.36. The molecule has 0 spiro atoms. The van der Waals surface area contributed by atoms with Crippen LogP contribution in [0.3, 0.4) is 0 Å². The average molecular weight is 518 g/mol. The number of benzene rings is 1. The van der Waals surface area contributed by atoms with Gasteiger partial charge in [0, 0.05) is 31.2 Å². The molecule has 0 aliphatic heterocycles. The van der Waals surface area contributed by atoms with Crippen LogP contribution in [0.15, 0.2) is 54.3 Å². The van der Waals surface area contributed by atoms with Gasteiger partial charge in [-0.05, 0) is 35.4 Å². The van der Waals surface area contributed by atoms with E-state index in [1.54, 1.807) is 0 Å². The quantitative estimate of drug-likeness (QED) is 0.279. The number of carbonyl (C=O) groups is 1. The highest BCUT2D eigenvalue weighted by molar-refractivity contribution is 7.84. The number of aliphatic hydroxyl groups excluding tert-OH is 1. The van der Waals surface area contributed by atoms with Gasteiger partial charge in [0.2, 0.25) is 5.78 Å². The fourth-order valence-electron chi connectivity index (χ4n) is 4.05. The zero-order valence-electron chi connectivity index (χ0n) is 18.8. The number of nitrogens with one attached hydrogen (secondary N) is 2. The van der Waals surface area contributed by atoms with E-state index >= 15 is 0 Å². The van der Waals surface area contributed by atoms with Crippen LogP contribution in [-0.4, -0.2) is 48.0 Å². The summed E-state index contributed by atoms with van der Waals surface area (Å²) < 4.78 is 26.7. The lowest BCUT2D eigenvalue weighted by molar-refractivity contribution is 0.101. The van der Waals surface area contributed by atoms with Gasteiger partial charge in [-0.3, -0.25) is 8.98 Å². The molecule has 186 valence electrons. The lowest BCUT2D eigenvalue weighted by atomic mass is 10.1. The number of thiophene rings is 1. The molecule has 1 saturated carbocycles. The zero-order valence-corrected chi connectivity index (χ0v) is 20.5. The van der Waals surface area contributed by atoms with Crippen LogP contribution < -0.4 is 15.8 Å². The molecule has 1 unspecified atom stereocenters. The van der Waals surface area contributed by atoms with Crippen molar-refractivity contribution in [3.8, 4) is 0 Å². The molecule has 1 aliphatic carbocycles. The minimum absolute atomic E-state index is 0.194. The van der Waals surface area contributed by atoms with Gasteiger partial charge in [-0.15, -0.1) is 11.3 Å². The molecule has 0 bridgehead atoms. The summed E-state index contributed by atoms with van der Waals surface area (Å²) in [6.45, 7) is 1.16. The fourth-order valence-corrected chi connectivity index (χ4v) is 5.28. The van der Waals surface area contributed by atoms with Gasteiger partial charge in [-0.25, -0.2) is 15.1 Å². The third kappa shape index (κ3) is 7.13. The number of carbonyl (C=O) groups excluding carboxylic acids is 1. The molecule has 3 aromatic rings. The van der Waals surface area contributed by atoms with Crippen molar-refractivity contribution >= 4 is 33.2 Å². The molecule has 4 rings (SSSR count). The normalized spacial score (nSPS) is 20.1. The van der Waals surface area contributed by atoms with Crippen LogP contribution in [0.5, 0.6) is 0 Å². The second kappa shape index (κ2) is 11.3. The molecule has 12 heteroatoms. The molecule has 2 aromatic heterocycles. The van der Waals surface area contributed by atoms with Crippen LogP contribution >= 0.6 is 11.3 Å². The molecule has 1 aliphatic rings. The third-order valence-corrected chi connectivity index (χ3v) is 7.22. The average Bonchev–Trinajstić information content (AvgIpc) is 3.44. The summed E-state index contributed by atoms with van der Waals surface area (Å²) in [5, 5.41) is 23.7. The first-order valence-corrected chi connectivity index (χ1v) is 13.4. The molecule has 0 amide bonds. The maximum atomic E-state index is 13.2. The Balaban J connectivity index is 1.37. The van der Waals surface area contributed by atoms with Gasteiger partial charge in [-0.1, -0.05) is 30.3 Å². The van der Waals surface area contributed by atoms with Crippen molar-refractivity contribution in [3.05, 3.63) is 75.9 Å². The van der Waals surface area contributed by atoms with Crippen LogP contribution in [0.4, 0.5) is 5.82 Å². The Morgan fingerprint density at radius 3 is 2.74 bits per heavy atom. The van der Waals surface area contributed by atoms with E-state index in [9.17, 15) is 18.3 Å². The lowest BCUT2D eigenvalue weighted by Crippen LogP contribution is -2.24. The zero-order chi connectivity index (χ0) is 24.8. The largest absolute Gasteiger partial charge is 0.393 e. The lowest BCUT2D eigenvalue weighted by Gasteiger charge is -2.15. The highest BCUT2D eigenvalue weighted by Gasteiger charge is 2.34. The predicted octanol–water partition coefficient (Wildman–Crippen LogP) is 1.83. The van der Waals surface area contributed by atoms with E-state index in [1.165, 1.54) is 29.4 Å². The van der Waals surface area contributed by atoms with Crippen LogP contribution in [-0.2, 0) is 27.6 Å². The van der Waals surface area contributed by atoms with Gasteiger partial charge in [0.05, 0.1) is 23.2 Å². The predicted molar refractivity (Wildman–Crippen MR) is 132 cm³/mol. The molecule has 1 fully saturated rings. The number of hydrogen-bond donors (Lipinski definition) is 4. The Morgan fingerprint density at radius 2 is 1.97 bits per heavy atom. The second-order valence-electron chi connectivity index (χ2n) is 8.44. The van der Waals surface area contributed by atoms with E-state index in [2.05, 4.69) is 36.9 Å². The Hall–Kier alpha value is -2.74. The summed E-state index contributed by atoms with van der Waals surface area (Å²) in [5.41, 5.74) is 2.53. The van der Waals surface area contributed by atoms with Crippen LogP contribution in [0.25, 0.3) is 0 Å². The topological polar surface area (TPSA) is 157 Å². The molecular weight excluding hydrogens is 490 g/mol. The van der Waals surface area contributed by atoms with Crippen molar-refractivity contribution in [1.82, 2.24) is 15.3 Å². The van der Waals surface area contributed by atoms with Crippen molar-refractivity contribution in [1.29, 1.82) is 0 Å². The SMILES string of the molecule is NS(=O)(=O)OCC1C[C@@H](Nc2ncncc2C(=O)c2cc(CNCc3ccccc3)cs2)C[C@@H]1O. The smallest absolute Gasteiger partial charge is 0.333 e.